The molecular weight excluding hydrogens is 310 g/mol. The number of rotatable bonds is 5. The van der Waals surface area contributed by atoms with Gasteiger partial charge in [0.25, 0.3) is 0 Å². The molecule has 0 saturated heterocycles. The van der Waals surface area contributed by atoms with Crippen LogP contribution in [-0.2, 0) is 29.0 Å². The zero-order chi connectivity index (χ0) is 16.8. The minimum Gasteiger partial charge on any atom is -0.343 e. The zero-order valence-corrected chi connectivity index (χ0v) is 14.4. The molecule has 23 heavy (non-hydrogen) atoms. The molecule has 0 aliphatic rings. The Bertz CT molecular complexity index is 687. The van der Waals surface area contributed by atoms with E-state index >= 15 is 0 Å². The smallest absolute Gasteiger partial charge is 0.313 e. The molecule has 1 aromatic carbocycles. The number of nitrogens with one attached hydrogen (secondary N) is 2. The van der Waals surface area contributed by atoms with E-state index in [4.69, 9.17) is 0 Å². The summed E-state index contributed by atoms with van der Waals surface area (Å²) in [5, 5.41) is 6.32. The van der Waals surface area contributed by atoms with Crippen molar-refractivity contribution < 1.29 is 9.59 Å². The highest BCUT2D eigenvalue weighted by Crippen LogP contribution is 2.22. The highest BCUT2D eigenvalue weighted by atomic mass is 32.1. The predicted molar refractivity (Wildman–Crippen MR) is 92.5 cm³/mol. The molecular formula is C17H21N3O2S. The number of amides is 2. The van der Waals surface area contributed by atoms with Crippen molar-refractivity contribution in [2.24, 2.45) is 0 Å². The normalized spacial score (nSPS) is 10.4. The van der Waals surface area contributed by atoms with Crippen LogP contribution in [0.5, 0.6) is 0 Å². The van der Waals surface area contributed by atoms with Gasteiger partial charge < -0.3 is 10.6 Å². The third-order valence-corrected chi connectivity index (χ3v) is 4.45. The molecule has 1 heterocycles. The van der Waals surface area contributed by atoms with Crippen molar-refractivity contribution in [2.45, 2.75) is 40.2 Å². The van der Waals surface area contributed by atoms with Crippen LogP contribution < -0.4 is 10.6 Å². The SMILES string of the molecule is CCc1cccc(CC)c1NC(=O)C(=O)NCc1cnc(C)s1. The molecule has 0 atom stereocenters. The van der Waals surface area contributed by atoms with Gasteiger partial charge in [-0.1, -0.05) is 32.0 Å². The lowest BCUT2D eigenvalue weighted by molar-refractivity contribution is -0.136. The number of anilines is 1. The molecule has 0 spiro atoms. The number of benzene rings is 1. The van der Waals surface area contributed by atoms with Gasteiger partial charge in [0.05, 0.1) is 11.6 Å². The Hall–Kier alpha value is -2.21. The standard InChI is InChI=1S/C17H21N3O2S/c1-4-12-7-6-8-13(5-2)15(12)20-17(22)16(21)19-10-14-9-18-11(3)23-14/h6-9H,4-5,10H2,1-3H3,(H,19,21)(H,20,22). The lowest BCUT2D eigenvalue weighted by Gasteiger charge is -2.14. The van der Waals surface area contributed by atoms with Gasteiger partial charge in [-0.3, -0.25) is 9.59 Å². The maximum atomic E-state index is 12.1. The van der Waals surface area contributed by atoms with Crippen molar-refractivity contribution in [3.8, 4) is 0 Å². The molecule has 0 radical (unpaired) electrons. The van der Waals surface area contributed by atoms with Crippen LogP contribution in [0.2, 0.25) is 0 Å². The first-order valence-corrected chi connectivity index (χ1v) is 8.48. The third-order valence-electron chi connectivity index (χ3n) is 3.54. The van der Waals surface area contributed by atoms with Crippen LogP contribution in [0, 0.1) is 6.92 Å². The maximum absolute atomic E-state index is 12.1. The highest BCUT2D eigenvalue weighted by molar-refractivity contribution is 7.11. The van der Waals surface area contributed by atoms with Crippen molar-refractivity contribution in [1.82, 2.24) is 10.3 Å². The third kappa shape index (κ3) is 4.39. The lowest BCUT2D eigenvalue weighted by Crippen LogP contribution is -2.35. The van der Waals surface area contributed by atoms with Crippen molar-refractivity contribution in [3.05, 3.63) is 45.4 Å². The first-order chi connectivity index (χ1) is 11.0. The number of aromatic nitrogens is 1. The van der Waals surface area contributed by atoms with Crippen molar-refractivity contribution in [2.75, 3.05) is 5.32 Å². The van der Waals surface area contributed by atoms with Crippen molar-refractivity contribution >= 4 is 28.8 Å². The molecule has 122 valence electrons. The molecule has 6 heteroatoms. The van der Waals surface area contributed by atoms with Crippen molar-refractivity contribution in [3.63, 3.8) is 0 Å². The topological polar surface area (TPSA) is 71.1 Å². The Morgan fingerprint density at radius 3 is 2.30 bits per heavy atom. The van der Waals surface area contributed by atoms with E-state index in [0.29, 0.717) is 6.54 Å². The number of hydrogen-bond acceptors (Lipinski definition) is 4. The summed E-state index contributed by atoms with van der Waals surface area (Å²) >= 11 is 1.50. The number of nitrogens with zero attached hydrogens (tertiary/aromatic N) is 1. The molecule has 0 aliphatic heterocycles. The van der Waals surface area contributed by atoms with Gasteiger partial charge in [0.1, 0.15) is 0 Å². The zero-order valence-electron chi connectivity index (χ0n) is 13.6. The summed E-state index contributed by atoms with van der Waals surface area (Å²) in [6.45, 7) is 6.26. The van der Waals surface area contributed by atoms with Crippen LogP contribution in [0.25, 0.3) is 0 Å². The van der Waals surface area contributed by atoms with E-state index in [9.17, 15) is 9.59 Å². The fraction of sp³-hybridized carbons (Fsp3) is 0.353. The molecule has 0 fully saturated rings. The quantitative estimate of drug-likeness (QED) is 0.828. The summed E-state index contributed by atoms with van der Waals surface area (Å²) in [6.07, 6.45) is 3.30. The summed E-state index contributed by atoms with van der Waals surface area (Å²) < 4.78 is 0. The first-order valence-electron chi connectivity index (χ1n) is 7.66. The van der Waals surface area contributed by atoms with Crippen molar-refractivity contribution in [1.29, 1.82) is 0 Å². The van der Waals surface area contributed by atoms with E-state index in [1.54, 1.807) is 6.20 Å². The molecule has 0 saturated carbocycles. The molecule has 0 aliphatic carbocycles. The molecule has 2 amide bonds. The Morgan fingerprint density at radius 1 is 1.13 bits per heavy atom. The van der Waals surface area contributed by atoms with Gasteiger partial charge in [0.2, 0.25) is 0 Å². The first kappa shape index (κ1) is 17.1. The van der Waals surface area contributed by atoms with Crippen LogP contribution in [0.15, 0.2) is 24.4 Å². The van der Waals surface area contributed by atoms with Crippen LogP contribution >= 0.6 is 11.3 Å². The van der Waals surface area contributed by atoms with Crippen LogP contribution in [0.3, 0.4) is 0 Å². The number of aryl methyl sites for hydroxylation is 3. The molecule has 2 aromatic rings. The van der Waals surface area contributed by atoms with Gasteiger partial charge in [-0.25, -0.2) is 4.98 Å². The number of para-hydroxylation sites is 1. The second-order valence-electron chi connectivity index (χ2n) is 5.14. The minimum absolute atomic E-state index is 0.313. The van der Waals surface area contributed by atoms with E-state index in [1.165, 1.54) is 11.3 Å². The highest BCUT2D eigenvalue weighted by Gasteiger charge is 2.17. The maximum Gasteiger partial charge on any atom is 0.313 e. The second-order valence-corrected chi connectivity index (χ2v) is 6.46. The lowest BCUT2D eigenvalue weighted by atomic mass is 10.0. The monoisotopic (exact) mass is 331 g/mol. The molecule has 1 aromatic heterocycles. The number of thiazole rings is 1. The van der Waals surface area contributed by atoms with Gasteiger partial charge >= 0.3 is 11.8 Å². The van der Waals surface area contributed by atoms with E-state index < -0.39 is 11.8 Å². The molecule has 2 N–H and O–H groups in total. The number of carbonyl (C=O) groups is 2. The summed E-state index contributed by atoms with van der Waals surface area (Å²) in [4.78, 5) is 29.2. The van der Waals surface area contributed by atoms with Crippen LogP contribution in [0.4, 0.5) is 5.69 Å². The van der Waals surface area contributed by atoms with Crippen LogP contribution in [0.1, 0.15) is 34.9 Å². The van der Waals surface area contributed by atoms with Gasteiger partial charge in [0.15, 0.2) is 0 Å². The molecule has 0 unspecified atom stereocenters. The fourth-order valence-electron chi connectivity index (χ4n) is 2.31. The molecule has 2 rings (SSSR count). The average Bonchev–Trinajstić information content (AvgIpc) is 2.98. The molecule has 5 nitrogen and oxygen atoms in total. The number of carbonyl (C=O) groups excluding carboxylic acids is 2. The van der Waals surface area contributed by atoms with Gasteiger partial charge in [0, 0.05) is 16.8 Å². The number of hydrogen-bond donors (Lipinski definition) is 2. The Labute approximate surface area is 140 Å². The van der Waals surface area contributed by atoms with Gasteiger partial charge in [-0.05, 0) is 30.9 Å². The summed E-state index contributed by atoms with van der Waals surface area (Å²) in [6, 6.07) is 5.90. The molecule has 0 bridgehead atoms. The Morgan fingerprint density at radius 2 is 1.78 bits per heavy atom. The minimum atomic E-state index is -0.637. The van der Waals surface area contributed by atoms with Gasteiger partial charge in [-0.15, -0.1) is 11.3 Å². The Kier molecular flexibility index (Phi) is 5.87. The second kappa shape index (κ2) is 7.87. The predicted octanol–water partition coefficient (Wildman–Crippen LogP) is 2.83. The van der Waals surface area contributed by atoms with E-state index in [1.807, 2.05) is 39.0 Å². The fourth-order valence-corrected chi connectivity index (χ4v) is 3.04. The van der Waals surface area contributed by atoms with E-state index in [-0.39, 0.29) is 0 Å². The summed E-state index contributed by atoms with van der Waals surface area (Å²) in [7, 11) is 0. The Balaban J connectivity index is 2.02. The van der Waals surface area contributed by atoms with Crippen LogP contribution in [-0.4, -0.2) is 16.8 Å². The largest absolute Gasteiger partial charge is 0.343 e. The summed E-state index contributed by atoms with van der Waals surface area (Å²) in [5.41, 5.74) is 2.82. The average molecular weight is 331 g/mol. The van der Waals surface area contributed by atoms with E-state index in [0.717, 1.165) is 39.5 Å². The summed E-state index contributed by atoms with van der Waals surface area (Å²) in [5.74, 6) is -1.27. The van der Waals surface area contributed by atoms with Gasteiger partial charge in [-0.2, -0.15) is 0 Å². The van der Waals surface area contributed by atoms with E-state index in [2.05, 4.69) is 15.6 Å².